The number of rotatable bonds is 6. The average molecular weight is 295 g/mol. The largest absolute Gasteiger partial charge is 0.377 e. The lowest BCUT2D eigenvalue weighted by atomic mass is 10.1. The maximum absolute atomic E-state index is 4.46. The molecule has 1 N–H and O–H groups in total. The molecule has 0 radical (unpaired) electrons. The van der Waals surface area contributed by atoms with Crippen LogP contribution in [-0.4, -0.2) is 19.6 Å². The van der Waals surface area contributed by atoms with E-state index in [4.69, 9.17) is 0 Å². The van der Waals surface area contributed by atoms with Crippen molar-refractivity contribution in [1.29, 1.82) is 0 Å². The summed E-state index contributed by atoms with van der Waals surface area (Å²) in [5.41, 5.74) is 3.29. The summed E-state index contributed by atoms with van der Waals surface area (Å²) in [5, 5.41) is 12.3. The van der Waals surface area contributed by atoms with E-state index in [1.165, 1.54) is 5.56 Å². The summed E-state index contributed by atoms with van der Waals surface area (Å²) in [7, 11) is 0. The second-order valence-corrected chi connectivity index (χ2v) is 5.31. The Bertz CT molecular complexity index is 713. The van der Waals surface area contributed by atoms with Gasteiger partial charge >= 0.3 is 0 Å². The first-order valence-corrected chi connectivity index (χ1v) is 7.61. The Morgan fingerprint density at radius 2 is 2.00 bits per heavy atom. The van der Waals surface area contributed by atoms with Crippen LogP contribution in [0.2, 0.25) is 0 Å². The van der Waals surface area contributed by atoms with Crippen molar-refractivity contribution in [2.45, 2.75) is 33.0 Å². The summed E-state index contributed by atoms with van der Waals surface area (Å²) in [5.74, 6) is 0. The Hall–Kier alpha value is -2.56. The zero-order valence-electron chi connectivity index (χ0n) is 13.0. The molecule has 22 heavy (non-hydrogen) atoms. The molecule has 0 saturated heterocycles. The smallest absolute Gasteiger partial charge is 0.0815 e. The fraction of sp³-hybridized carbons (Fsp3) is 0.294. The minimum atomic E-state index is 0.219. The molecule has 5 heteroatoms. The Kier molecular flexibility index (Phi) is 4.23. The van der Waals surface area contributed by atoms with Crippen LogP contribution in [0.25, 0.3) is 0 Å². The summed E-state index contributed by atoms with van der Waals surface area (Å²) in [6, 6.07) is 12.6. The number of hydrogen-bond acceptors (Lipinski definition) is 3. The van der Waals surface area contributed by atoms with Crippen molar-refractivity contribution >= 4 is 5.69 Å². The van der Waals surface area contributed by atoms with E-state index in [0.29, 0.717) is 6.54 Å². The maximum Gasteiger partial charge on any atom is 0.0815 e. The number of aryl methyl sites for hydroxylation is 1. The van der Waals surface area contributed by atoms with E-state index in [1.54, 1.807) is 0 Å². The predicted octanol–water partition coefficient (Wildman–Crippen LogP) is 3.32. The molecule has 0 aliphatic heterocycles. The second kappa shape index (κ2) is 6.47. The molecule has 0 aliphatic carbocycles. The molecule has 3 aromatic rings. The zero-order valence-corrected chi connectivity index (χ0v) is 13.0. The number of nitrogens with zero attached hydrogens (tertiary/aromatic N) is 4. The fourth-order valence-corrected chi connectivity index (χ4v) is 2.39. The van der Waals surface area contributed by atoms with E-state index < -0.39 is 0 Å². The summed E-state index contributed by atoms with van der Waals surface area (Å²) < 4.78 is 3.90. The molecule has 5 nitrogen and oxygen atoms in total. The van der Waals surface area contributed by atoms with E-state index in [-0.39, 0.29) is 6.04 Å². The average Bonchev–Trinajstić information content (AvgIpc) is 3.22. The van der Waals surface area contributed by atoms with Crippen molar-refractivity contribution in [3.8, 4) is 0 Å². The highest BCUT2D eigenvalue weighted by Gasteiger charge is 2.09. The van der Waals surface area contributed by atoms with Gasteiger partial charge in [-0.1, -0.05) is 30.3 Å². The van der Waals surface area contributed by atoms with Gasteiger partial charge in [0.1, 0.15) is 0 Å². The van der Waals surface area contributed by atoms with Crippen LogP contribution in [0.1, 0.15) is 31.1 Å². The zero-order chi connectivity index (χ0) is 15.4. The summed E-state index contributed by atoms with van der Waals surface area (Å²) in [6.07, 6.45) is 5.89. The molecule has 0 aliphatic rings. The van der Waals surface area contributed by atoms with E-state index in [9.17, 15) is 0 Å². The van der Waals surface area contributed by atoms with E-state index in [1.807, 2.05) is 40.1 Å². The Morgan fingerprint density at radius 1 is 1.18 bits per heavy atom. The number of hydrogen-bond donors (Lipinski definition) is 1. The Labute approximate surface area is 130 Å². The Balaban J connectivity index is 1.63. The van der Waals surface area contributed by atoms with Crippen molar-refractivity contribution in [2.24, 2.45) is 0 Å². The lowest BCUT2D eigenvalue weighted by Gasteiger charge is -2.12. The molecule has 2 heterocycles. The van der Waals surface area contributed by atoms with Gasteiger partial charge in [0.05, 0.1) is 30.2 Å². The molecule has 1 unspecified atom stereocenters. The lowest BCUT2D eigenvalue weighted by Crippen LogP contribution is -2.07. The highest BCUT2D eigenvalue weighted by molar-refractivity contribution is 5.39. The fourth-order valence-electron chi connectivity index (χ4n) is 2.39. The van der Waals surface area contributed by atoms with Crippen LogP contribution in [0, 0.1) is 0 Å². The minimum Gasteiger partial charge on any atom is -0.377 e. The molecule has 0 bridgehead atoms. The predicted molar refractivity (Wildman–Crippen MR) is 87.7 cm³/mol. The molecule has 0 fully saturated rings. The van der Waals surface area contributed by atoms with Gasteiger partial charge in [0.25, 0.3) is 0 Å². The number of anilines is 1. The third-order valence-corrected chi connectivity index (χ3v) is 3.77. The number of nitrogens with one attached hydrogen (secondary N) is 1. The van der Waals surface area contributed by atoms with E-state index >= 15 is 0 Å². The standard InChI is InChI=1S/C17H21N5/c1-3-21-10-9-16(20-21)11-18-17-12-19-22(13-17)14(2)15-7-5-4-6-8-15/h4-10,12-14,18H,3,11H2,1-2H3. The summed E-state index contributed by atoms with van der Waals surface area (Å²) in [4.78, 5) is 0. The molecule has 0 spiro atoms. The van der Waals surface area contributed by atoms with Crippen LogP contribution in [0.3, 0.4) is 0 Å². The third kappa shape index (κ3) is 3.19. The van der Waals surface area contributed by atoms with Gasteiger partial charge < -0.3 is 5.32 Å². The van der Waals surface area contributed by atoms with Gasteiger partial charge in [-0.05, 0) is 25.5 Å². The lowest BCUT2D eigenvalue weighted by molar-refractivity contribution is 0.564. The highest BCUT2D eigenvalue weighted by atomic mass is 15.3. The second-order valence-electron chi connectivity index (χ2n) is 5.31. The van der Waals surface area contributed by atoms with Gasteiger partial charge in [-0.2, -0.15) is 10.2 Å². The van der Waals surface area contributed by atoms with Crippen LogP contribution in [-0.2, 0) is 13.1 Å². The van der Waals surface area contributed by atoms with Gasteiger partial charge in [-0.3, -0.25) is 9.36 Å². The summed E-state index contributed by atoms with van der Waals surface area (Å²) in [6.45, 7) is 5.83. The first-order valence-electron chi connectivity index (χ1n) is 7.61. The van der Waals surface area contributed by atoms with Crippen LogP contribution in [0.5, 0.6) is 0 Å². The minimum absolute atomic E-state index is 0.219. The van der Waals surface area contributed by atoms with Crippen LogP contribution in [0.4, 0.5) is 5.69 Å². The maximum atomic E-state index is 4.46. The number of aromatic nitrogens is 4. The normalized spacial score (nSPS) is 12.3. The Morgan fingerprint density at radius 3 is 2.73 bits per heavy atom. The molecule has 0 amide bonds. The third-order valence-electron chi connectivity index (χ3n) is 3.77. The topological polar surface area (TPSA) is 47.7 Å². The van der Waals surface area contributed by atoms with Gasteiger partial charge in [-0.15, -0.1) is 0 Å². The molecule has 2 aromatic heterocycles. The quantitative estimate of drug-likeness (QED) is 0.759. The van der Waals surface area contributed by atoms with Gasteiger partial charge in [0.2, 0.25) is 0 Å². The SMILES string of the molecule is CCn1ccc(CNc2cnn(C(C)c3ccccc3)c2)n1. The highest BCUT2D eigenvalue weighted by Crippen LogP contribution is 2.18. The molecule has 114 valence electrons. The van der Waals surface area contributed by atoms with Crippen LogP contribution >= 0.6 is 0 Å². The molecule has 0 saturated carbocycles. The van der Waals surface area contributed by atoms with Crippen molar-refractivity contribution < 1.29 is 0 Å². The van der Waals surface area contributed by atoms with Crippen molar-refractivity contribution in [3.05, 3.63) is 66.2 Å². The monoisotopic (exact) mass is 295 g/mol. The molecular formula is C17H21N5. The van der Waals surface area contributed by atoms with Crippen molar-refractivity contribution in [2.75, 3.05) is 5.32 Å². The van der Waals surface area contributed by atoms with Gasteiger partial charge in [-0.25, -0.2) is 0 Å². The van der Waals surface area contributed by atoms with Crippen LogP contribution in [0.15, 0.2) is 55.0 Å². The van der Waals surface area contributed by atoms with Crippen molar-refractivity contribution in [1.82, 2.24) is 19.6 Å². The van der Waals surface area contributed by atoms with Gasteiger partial charge in [0, 0.05) is 18.9 Å². The first kappa shape index (κ1) is 14.4. The molecule has 1 atom stereocenters. The van der Waals surface area contributed by atoms with E-state index in [2.05, 4.69) is 53.6 Å². The van der Waals surface area contributed by atoms with Crippen molar-refractivity contribution in [3.63, 3.8) is 0 Å². The molecular weight excluding hydrogens is 274 g/mol. The number of benzene rings is 1. The first-order chi connectivity index (χ1) is 10.8. The van der Waals surface area contributed by atoms with E-state index in [0.717, 1.165) is 17.9 Å². The summed E-state index contributed by atoms with van der Waals surface area (Å²) >= 11 is 0. The molecule has 1 aromatic carbocycles. The van der Waals surface area contributed by atoms with Crippen LogP contribution < -0.4 is 5.32 Å². The molecule has 3 rings (SSSR count). The van der Waals surface area contributed by atoms with Gasteiger partial charge in [0.15, 0.2) is 0 Å².